The molecule has 0 saturated heterocycles. The molecule has 0 radical (unpaired) electrons. The summed E-state index contributed by atoms with van der Waals surface area (Å²) in [5, 5.41) is 8.55. The molecule has 2 aromatic heterocycles. The number of benzene rings is 1. The average Bonchev–Trinajstić information content (AvgIpc) is 3.19. The van der Waals surface area contributed by atoms with E-state index in [1.807, 2.05) is 54.1 Å². The van der Waals surface area contributed by atoms with Crippen LogP contribution in [0, 0.1) is 0 Å². The first-order valence-electron chi connectivity index (χ1n) is 7.15. The van der Waals surface area contributed by atoms with Gasteiger partial charge in [-0.15, -0.1) is 22.7 Å². The Bertz CT molecular complexity index is 781. The lowest BCUT2D eigenvalue weighted by molar-refractivity contribution is -0.121. The smallest absolute Gasteiger partial charge is 0.226 e. The highest BCUT2D eigenvalue weighted by atomic mass is 35.5. The van der Waals surface area contributed by atoms with Crippen LogP contribution in [-0.4, -0.2) is 10.9 Å². The van der Waals surface area contributed by atoms with E-state index in [9.17, 15) is 4.79 Å². The SMILES string of the molecule is CC(NC(=O)Cc1csc(-c2ccc(Cl)cc2)n1)c1cccs1. The van der Waals surface area contributed by atoms with Gasteiger partial charge in [-0.25, -0.2) is 4.98 Å². The molecule has 0 bridgehead atoms. The molecule has 2 heterocycles. The lowest BCUT2D eigenvalue weighted by atomic mass is 10.2. The Balaban J connectivity index is 1.62. The van der Waals surface area contributed by atoms with E-state index in [2.05, 4.69) is 10.3 Å². The zero-order valence-corrected chi connectivity index (χ0v) is 14.8. The van der Waals surface area contributed by atoms with Crippen molar-refractivity contribution in [1.29, 1.82) is 0 Å². The number of nitrogens with zero attached hydrogens (tertiary/aromatic N) is 1. The zero-order valence-electron chi connectivity index (χ0n) is 12.5. The van der Waals surface area contributed by atoms with E-state index in [1.54, 1.807) is 11.3 Å². The van der Waals surface area contributed by atoms with E-state index in [0.29, 0.717) is 11.4 Å². The Labute approximate surface area is 148 Å². The minimum Gasteiger partial charge on any atom is -0.348 e. The molecule has 3 aromatic rings. The standard InChI is InChI=1S/C17H15ClN2OS2/c1-11(15-3-2-8-22-15)19-16(21)9-14-10-23-17(20-14)12-4-6-13(18)7-5-12/h2-8,10-11H,9H2,1H3,(H,19,21). The van der Waals surface area contributed by atoms with Crippen molar-refractivity contribution in [3.8, 4) is 10.6 Å². The number of aromatic nitrogens is 1. The normalized spacial score (nSPS) is 12.1. The summed E-state index contributed by atoms with van der Waals surface area (Å²) in [6.07, 6.45) is 0.291. The predicted molar refractivity (Wildman–Crippen MR) is 97.1 cm³/mol. The molecule has 6 heteroatoms. The van der Waals surface area contributed by atoms with E-state index in [1.165, 1.54) is 11.3 Å². The topological polar surface area (TPSA) is 42.0 Å². The Morgan fingerprint density at radius 3 is 2.74 bits per heavy atom. The van der Waals surface area contributed by atoms with Crippen LogP contribution in [0.4, 0.5) is 0 Å². The number of halogens is 1. The van der Waals surface area contributed by atoms with Crippen molar-refractivity contribution in [2.75, 3.05) is 0 Å². The average molecular weight is 363 g/mol. The minimum atomic E-state index is -0.0149. The van der Waals surface area contributed by atoms with Crippen LogP contribution in [0.1, 0.15) is 23.5 Å². The van der Waals surface area contributed by atoms with Gasteiger partial charge < -0.3 is 5.32 Å². The van der Waals surface area contributed by atoms with Gasteiger partial charge in [-0.05, 0) is 30.5 Å². The van der Waals surface area contributed by atoms with Crippen LogP contribution in [0.15, 0.2) is 47.2 Å². The number of carbonyl (C=O) groups is 1. The molecule has 0 aliphatic heterocycles. The summed E-state index contributed by atoms with van der Waals surface area (Å²) >= 11 is 9.07. The van der Waals surface area contributed by atoms with Gasteiger partial charge in [0.1, 0.15) is 5.01 Å². The molecule has 23 heavy (non-hydrogen) atoms. The Hall–Kier alpha value is -1.69. The van der Waals surface area contributed by atoms with Crippen LogP contribution >= 0.6 is 34.3 Å². The summed E-state index contributed by atoms with van der Waals surface area (Å²) in [6, 6.07) is 11.6. The second-order valence-corrected chi connectivity index (χ2v) is 7.41. The minimum absolute atomic E-state index is 0.0149. The third kappa shape index (κ3) is 4.19. The lowest BCUT2D eigenvalue weighted by Gasteiger charge is -2.11. The van der Waals surface area contributed by atoms with Gasteiger partial charge in [0.25, 0.3) is 0 Å². The first-order valence-corrected chi connectivity index (χ1v) is 9.28. The van der Waals surface area contributed by atoms with E-state index >= 15 is 0 Å². The molecule has 118 valence electrons. The fraction of sp³-hybridized carbons (Fsp3) is 0.176. The van der Waals surface area contributed by atoms with Crippen molar-refractivity contribution in [1.82, 2.24) is 10.3 Å². The molecule has 3 nitrogen and oxygen atoms in total. The number of thiophene rings is 1. The first-order chi connectivity index (χ1) is 11.1. The lowest BCUT2D eigenvalue weighted by Crippen LogP contribution is -2.27. The number of thiazole rings is 1. The van der Waals surface area contributed by atoms with Crippen molar-refractivity contribution in [2.24, 2.45) is 0 Å². The number of hydrogen-bond donors (Lipinski definition) is 1. The molecule has 1 aromatic carbocycles. The van der Waals surface area contributed by atoms with Crippen molar-refractivity contribution < 1.29 is 4.79 Å². The Kier molecular flexibility index (Phi) is 5.10. The fourth-order valence-electron chi connectivity index (χ4n) is 2.18. The van der Waals surface area contributed by atoms with Crippen LogP contribution < -0.4 is 5.32 Å². The highest BCUT2D eigenvalue weighted by molar-refractivity contribution is 7.13. The first kappa shape index (κ1) is 16.2. The number of carbonyl (C=O) groups excluding carboxylic acids is 1. The summed E-state index contributed by atoms with van der Waals surface area (Å²) in [4.78, 5) is 17.8. The summed E-state index contributed by atoms with van der Waals surface area (Å²) in [5.41, 5.74) is 1.80. The molecule has 3 rings (SSSR count). The van der Waals surface area contributed by atoms with E-state index in [0.717, 1.165) is 21.1 Å². The predicted octanol–water partition coefficient (Wildman–Crippen LogP) is 4.94. The van der Waals surface area contributed by atoms with Gasteiger partial charge in [0.15, 0.2) is 0 Å². The number of hydrogen-bond acceptors (Lipinski definition) is 4. The molecular formula is C17H15ClN2OS2. The molecule has 0 aliphatic carbocycles. The summed E-state index contributed by atoms with van der Waals surface area (Å²) < 4.78 is 0. The highest BCUT2D eigenvalue weighted by Crippen LogP contribution is 2.25. The quantitative estimate of drug-likeness (QED) is 0.698. The molecule has 0 aliphatic rings. The maximum Gasteiger partial charge on any atom is 0.226 e. The van der Waals surface area contributed by atoms with Crippen LogP contribution in [0.3, 0.4) is 0 Å². The van der Waals surface area contributed by atoms with Crippen molar-refractivity contribution >= 4 is 40.2 Å². The van der Waals surface area contributed by atoms with Crippen LogP contribution in [-0.2, 0) is 11.2 Å². The molecule has 1 amide bonds. The van der Waals surface area contributed by atoms with Gasteiger partial charge >= 0.3 is 0 Å². The second-order valence-electron chi connectivity index (χ2n) is 5.13. The fourth-order valence-corrected chi connectivity index (χ4v) is 3.87. The Morgan fingerprint density at radius 2 is 2.04 bits per heavy atom. The van der Waals surface area contributed by atoms with Gasteiger partial charge in [-0.3, -0.25) is 4.79 Å². The molecule has 1 unspecified atom stereocenters. The van der Waals surface area contributed by atoms with Crippen LogP contribution in [0.25, 0.3) is 10.6 Å². The van der Waals surface area contributed by atoms with E-state index in [-0.39, 0.29) is 11.9 Å². The third-order valence-electron chi connectivity index (χ3n) is 3.33. The van der Waals surface area contributed by atoms with Gasteiger partial charge in [-0.1, -0.05) is 29.8 Å². The van der Waals surface area contributed by atoms with Crippen molar-refractivity contribution in [2.45, 2.75) is 19.4 Å². The van der Waals surface area contributed by atoms with E-state index < -0.39 is 0 Å². The van der Waals surface area contributed by atoms with Crippen LogP contribution in [0.2, 0.25) is 5.02 Å². The third-order valence-corrected chi connectivity index (χ3v) is 5.58. The molecular weight excluding hydrogens is 348 g/mol. The van der Waals surface area contributed by atoms with Gasteiger partial charge in [0.05, 0.1) is 18.2 Å². The largest absolute Gasteiger partial charge is 0.348 e. The van der Waals surface area contributed by atoms with Crippen molar-refractivity contribution in [3.63, 3.8) is 0 Å². The maximum atomic E-state index is 12.1. The van der Waals surface area contributed by atoms with Gasteiger partial charge in [-0.2, -0.15) is 0 Å². The van der Waals surface area contributed by atoms with Gasteiger partial charge in [0, 0.05) is 20.8 Å². The number of amides is 1. The number of rotatable bonds is 5. The molecule has 1 N–H and O–H groups in total. The van der Waals surface area contributed by atoms with Gasteiger partial charge in [0.2, 0.25) is 5.91 Å². The summed E-state index contributed by atoms with van der Waals surface area (Å²) in [5.74, 6) is -0.0149. The van der Waals surface area contributed by atoms with Crippen molar-refractivity contribution in [3.05, 3.63) is 62.8 Å². The monoisotopic (exact) mass is 362 g/mol. The second kappa shape index (κ2) is 7.25. The Morgan fingerprint density at radius 1 is 1.26 bits per heavy atom. The maximum absolute atomic E-state index is 12.1. The molecule has 0 fully saturated rings. The summed E-state index contributed by atoms with van der Waals surface area (Å²) in [7, 11) is 0. The number of nitrogens with one attached hydrogen (secondary N) is 1. The molecule has 0 saturated carbocycles. The molecule has 0 spiro atoms. The molecule has 1 atom stereocenters. The van der Waals surface area contributed by atoms with E-state index in [4.69, 9.17) is 11.6 Å². The summed E-state index contributed by atoms with van der Waals surface area (Å²) in [6.45, 7) is 1.99. The highest BCUT2D eigenvalue weighted by Gasteiger charge is 2.13. The van der Waals surface area contributed by atoms with Crippen LogP contribution in [0.5, 0.6) is 0 Å². The zero-order chi connectivity index (χ0) is 16.2.